The Kier molecular flexibility index (Phi) is 2.49. The zero-order valence-electron chi connectivity index (χ0n) is 9.50. The van der Waals surface area contributed by atoms with E-state index in [0.29, 0.717) is 11.9 Å². The molecule has 1 saturated heterocycles. The SMILES string of the molecule is COc1ccc(-c2cn(C3CNC3)nn2)cn1. The molecular formula is C11H13N5O. The maximum Gasteiger partial charge on any atom is 0.212 e. The fourth-order valence-electron chi connectivity index (χ4n) is 1.70. The van der Waals surface area contributed by atoms with Crippen molar-refractivity contribution < 1.29 is 4.74 Å². The van der Waals surface area contributed by atoms with E-state index in [2.05, 4.69) is 20.6 Å². The largest absolute Gasteiger partial charge is 0.481 e. The van der Waals surface area contributed by atoms with E-state index in [-0.39, 0.29) is 0 Å². The van der Waals surface area contributed by atoms with E-state index in [4.69, 9.17) is 4.74 Å². The Labute approximate surface area is 98.6 Å². The number of pyridine rings is 1. The van der Waals surface area contributed by atoms with E-state index in [1.807, 2.05) is 23.0 Å². The molecule has 17 heavy (non-hydrogen) atoms. The molecule has 0 saturated carbocycles. The average molecular weight is 231 g/mol. The van der Waals surface area contributed by atoms with Crippen molar-refractivity contribution >= 4 is 0 Å². The first-order chi connectivity index (χ1) is 8.36. The molecule has 6 nitrogen and oxygen atoms in total. The van der Waals surface area contributed by atoms with Gasteiger partial charge in [-0.1, -0.05) is 5.21 Å². The second-order valence-corrected chi connectivity index (χ2v) is 3.99. The van der Waals surface area contributed by atoms with Crippen LogP contribution >= 0.6 is 0 Å². The molecule has 0 aromatic carbocycles. The Morgan fingerprint density at radius 1 is 1.41 bits per heavy atom. The van der Waals surface area contributed by atoms with Gasteiger partial charge in [-0.2, -0.15) is 0 Å². The normalized spacial score (nSPS) is 15.6. The summed E-state index contributed by atoms with van der Waals surface area (Å²) in [7, 11) is 1.60. The van der Waals surface area contributed by atoms with E-state index in [0.717, 1.165) is 24.3 Å². The van der Waals surface area contributed by atoms with Crippen molar-refractivity contribution in [2.45, 2.75) is 6.04 Å². The third-order valence-corrected chi connectivity index (χ3v) is 2.89. The van der Waals surface area contributed by atoms with Gasteiger partial charge in [0, 0.05) is 30.9 Å². The van der Waals surface area contributed by atoms with Gasteiger partial charge in [-0.05, 0) is 6.07 Å². The lowest BCUT2D eigenvalue weighted by molar-refractivity contribution is 0.313. The fraction of sp³-hybridized carbons (Fsp3) is 0.364. The quantitative estimate of drug-likeness (QED) is 0.833. The highest BCUT2D eigenvalue weighted by Crippen LogP contribution is 2.19. The summed E-state index contributed by atoms with van der Waals surface area (Å²) in [5.41, 5.74) is 1.79. The smallest absolute Gasteiger partial charge is 0.212 e. The third-order valence-electron chi connectivity index (χ3n) is 2.89. The molecule has 1 N–H and O–H groups in total. The number of nitrogens with zero attached hydrogens (tertiary/aromatic N) is 4. The van der Waals surface area contributed by atoms with E-state index in [1.54, 1.807) is 13.3 Å². The lowest BCUT2D eigenvalue weighted by Gasteiger charge is -2.26. The minimum absolute atomic E-state index is 0.433. The highest BCUT2D eigenvalue weighted by atomic mass is 16.5. The molecule has 0 atom stereocenters. The molecule has 3 heterocycles. The molecule has 88 valence electrons. The predicted molar refractivity (Wildman–Crippen MR) is 61.7 cm³/mol. The molecule has 0 amide bonds. The van der Waals surface area contributed by atoms with E-state index >= 15 is 0 Å². The van der Waals surface area contributed by atoms with Gasteiger partial charge in [-0.3, -0.25) is 0 Å². The number of nitrogens with one attached hydrogen (secondary N) is 1. The van der Waals surface area contributed by atoms with Gasteiger partial charge in [0.1, 0.15) is 5.69 Å². The average Bonchev–Trinajstić information content (AvgIpc) is 2.76. The van der Waals surface area contributed by atoms with Crippen LogP contribution in [0.25, 0.3) is 11.3 Å². The van der Waals surface area contributed by atoms with Gasteiger partial charge >= 0.3 is 0 Å². The molecule has 0 spiro atoms. The molecule has 0 aliphatic carbocycles. The van der Waals surface area contributed by atoms with Crippen LogP contribution < -0.4 is 10.1 Å². The standard InChI is InChI=1S/C11H13N5O/c1-17-11-3-2-8(4-13-11)10-7-16(15-14-10)9-5-12-6-9/h2-4,7,9,12H,5-6H2,1H3. The summed E-state index contributed by atoms with van der Waals surface area (Å²) in [6.45, 7) is 1.92. The lowest BCUT2D eigenvalue weighted by atomic mass is 10.2. The number of ether oxygens (including phenoxy) is 1. The molecule has 0 radical (unpaired) electrons. The van der Waals surface area contributed by atoms with Crippen LogP contribution in [0, 0.1) is 0 Å². The maximum atomic E-state index is 5.01. The predicted octanol–water partition coefficient (Wildman–Crippen LogP) is 0.493. The summed E-state index contributed by atoms with van der Waals surface area (Å²) in [5, 5.41) is 11.5. The summed E-state index contributed by atoms with van der Waals surface area (Å²) >= 11 is 0. The molecule has 3 rings (SSSR count). The first-order valence-electron chi connectivity index (χ1n) is 5.50. The third kappa shape index (κ3) is 1.87. The molecule has 6 heteroatoms. The van der Waals surface area contributed by atoms with E-state index in [1.165, 1.54) is 0 Å². The molecule has 1 fully saturated rings. The van der Waals surface area contributed by atoms with Gasteiger partial charge < -0.3 is 10.1 Å². The molecule has 1 aliphatic heterocycles. The zero-order valence-corrected chi connectivity index (χ0v) is 9.50. The summed E-state index contributed by atoms with van der Waals surface area (Å²) in [6.07, 6.45) is 3.70. The molecule has 1 aliphatic rings. The van der Waals surface area contributed by atoms with Crippen molar-refractivity contribution in [2.24, 2.45) is 0 Å². The molecule has 0 bridgehead atoms. The number of hydrogen-bond donors (Lipinski definition) is 1. The monoisotopic (exact) mass is 231 g/mol. The van der Waals surface area contributed by atoms with Crippen molar-refractivity contribution in [3.63, 3.8) is 0 Å². The van der Waals surface area contributed by atoms with Crippen LogP contribution in [-0.2, 0) is 0 Å². The van der Waals surface area contributed by atoms with Crippen LogP contribution in [0.4, 0.5) is 0 Å². The van der Waals surface area contributed by atoms with Gasteiger partial charge in [-0.25, -0.2) is 9.67 Å². The Bertz CT molecular complexity index is 503. The molecule has 2 aromatic rings. The summed E-state index contributed by atoms with van der Waals surface area (Å²) in [6, 6.07) is 4.18. The lowest BCUT2D eigenvalue weighted by Crippen LogP contribution is -2.43. The van der Waals surface area contributed by atoms with Crippen LogP contribution in [0.1, 0.15) is 6.04 Å². The van der Waals surface area contributed by atoms with Crippen molar-refractivity contribution in [1.29, 1.82) is 0 Å². The van der Waals surface area contributed by atoms with Crippen LogP contribution in [0.3, 0.4) is 0 Å². The maximum absolute atomic E-state index is 5.01. The minimum atomic E-state index is 0.433. The van der Waals surface area contributed by atoms with Crippen molar-refractivity contribution in [3.05, 3.63) is 24.5 Å². The number of rotatable bonds is 3. The zero-order chi connectivity index (χ0) is 11.7. The molecule has 2 aromatic heterocycles. The van der Waals surface area contributed by atoms with Crippen LogP contribution in [-0.4, -0.2) is 40.2 Å². The Morgan fingerprint density at radius 3 is 2.88 bits per heavy atom. The van der Waals surface area contributed by atoms with Gasteiger partial charge in [0.15, 0.2) is 0 Å². The number of methoxy groups -OCH3 is 1. The first-order valence-corrected chi connectivity index (χ1v) is 5.50. The topological polar surface area (TPSA) is 64.9 Å². The molecule has 0 unspecified atom stereocenters. The van der Waals surface area contributed by atoms with Crippen LogP contribution in [0.15, 0.2) is 24.5 Å². The fourth-order valence-corrected chi connectivity index (χ4v) is 1.70. The number of hydrogen-bond acceptors (Lipinski definition) is 5. The minimum Gasteiger partial charge on any atom is -0.481 e. The van der Waals surface area contributed by atoms with Crippen molar-refractivity contribution in [3.8, 4) is 17.1 Å². The Hall–Kier alpha value is -1.95. The van der Waals surface area contributed by atoms with Crippen LogP contribution in [0.5, 0.6) is 5.88 Å². The summed E-state index contributed by atoms with van der Waals surface area (Å²) < 4.78 is 6.91. The first kappa shape index (κ1) is 10.2. The van der Waals surface area contributed by atoms with Crippen molar-refractivity contribution in [1.82, 2.24) is 25.3 Å². The van der Waals surface area contributed by atoms with Gasteiger partial charge in [0.05, 0.1) is 19.3 Å². The highest BCUT2D eigenvalue weighted by molar-refractivity contribution is 5.56. The second kappa shape index (κ2) is 4.14. The van der Waals surface area contributed by atoms with E-state index < -0.39 is 0 Å². The summed E-state index contributed by atoms with van der Waals surface area (Å²) in [4.78, 5) is 4.15. The van der Waals surface area contributed by atoms with Gasteiger partial charge in [0.25, 0.3) is 0 Å². The number of aromatic nitrogens is 4. The van der Waals surface area contributed by atoms with Crippen LogP contribution in [0.2, 0.25) is 0 Å². The van der Waals surface area contributed by atoms with E-state index in [9.17, 15) is 0 Å². The Morgan fingerprint density at radius 2 is 2.29 bits per heavy atom. The summed E-state index contributed by atoms with van der Waals surface area (Å²) in [5.74, 6) is 0.601. The van der Waals surface area contributed by atoms with Crippen molar-refractivity contribution in [2.75, 3.05) is 20.2 Å². The second-order valence-electron chi connectivity index (χ2n) is 3.99. The van der Waals surface area contributed by atoms with Gasteiger partial charge in [0.2, 0.25) is 5.88 Å². The molecular weight excluding hydrogens is 218 g/mol. The Balaban J connectivity index is 1.84. The highest BCUT2D eigenvalue weighted by Gasteiger charge is 2.20. The van der Waals surface area contributed by atoms with Gasteiger partial charge in [-0.15, -0.1) is 5.10 Å².